The third-order valence-corrected chi connectivity index (χ3v) is 5.45. The van der Waals surface area contributed by atoms with E-state index in [0.717, 1.165) is 13.2 Å². The second-order valence-corrected chi connectivity index (χ2v) is 8.30. The number of rotatable bonds is 24. The van der Waals surface area contributed by atoms with Crippen molar-refractivity contribution in [3.8, 4) is 0 Å². The Hall–Kier alpha value is -0.0151. The van der Waals surface area contributed by atoms with Gasteiger partial charge in [0, 0.05) is 13.2 Å². The Morgan fingerprint density at radius 1 is 0.370 bits per heavy atom. The van der Waals surface area contributed by atoms with Crippen LogP contribution in [0.25, 0.3) is 0 Å². The molecule has 0 radical (unpaired) electrons. The first-order valence-electron chi connectivity index (χ1n) is 12.6. The summed E-state index contributed by atoms with van der Waals surface area (Å²) in [5.41, 5.74) is 0. The topological polar surface area (TPSA) is 18.5 Å². The van der Waals surface area contributed by atoms with E-state index in [4.69, 9.17) is 9.31 Å². The predicted molar refractivity (Wildman–Crippen MR) is 123 cm³/mol. The van der Waals surface area contributed by atoms with Crippen molar-refractivity contribution in [2.24, 2.45) is 0 Å². The fourth-order valence-electron chi connectivity index (χ4n) is 3.56. The van der Waals surface area contributed by atoms with Crippen molar-refractivity contribution in [3.05, 3.63) is 0 Å². The van der Waals surface area contributed by atoms with Crippen molar-refractivity contribution in [1.29, 1.82) is 0 Å². The van der Waals surface area contributed by atoms with Gasteiger partial charge in [0.05, 0.1) is 0 Å². The molecular weight excluding hydrogens is 331 g/mol. The van der Waals surface area contributed by atoms with Crippen LogP contribution in [0.3, 0.4) is 0 Å². The van der Waals surface area contributed by atoms with E-state index in [1.165, 1.54) is 128 Å². The molecule has 0 saturated carbocycles. The highest BCUT2D eigenvalue weighted by Crippen LogP contribution is 2.11. The van der Waals surface area contributed by atoms with E-state index < -0.39 is 0 Å². The standard InChI is InChI=1S/C24H51BO2/c1-3-5-7-9-11-13-15-17-19-21-23-26-25-27-24-22-20-18-16-14-12-10-8-6-4-2/h25H,3-24H2,1-2H3. The summed E-state index contributed by atoms with van der Waals surface area (Å²) in [5, 5.41) is 0. The predicted octanol–water partition coefficient (Wildman–Crippen LogP) is 8.13. The molecule has 27 heavy (non-hydrogen) atoms. The Morgan fingerprint density at radius 3 is 0.926 bits per heavy atom. The van der Waals surface area contributed by atoms with Crippen LogP contribution in [-0.2, 0) is 9.31 Å². The summed E-state index contributed by atoms with van der Waals surface area (Å²) in [5.74, 6) is 0. The van der Waals surface area contributed by atoms with E-state index in [1.807, 2.05) is 0 Å². The van der Waals surface area contributed by atoms with Crippen LogP contribution in [0.2, 0.25) is 0 Å². The van der Waals surface area contributed by atoms with Gasteiger partial charge in [-0.3, -0.25) is 0 Å². The lowest BCUT2D eigenvalue weighted by molar-refractivity contribution is 0.213. The fourth-order valence-corrected chi connectivity index (χ4v) is 3.56. The van der Waals surface area contributed by atoms with Crippen LogP contribution in [0.1, 0.15) is 142 Å². The second kappa shape index (κ2) is 26.0. The Kier molecular flexibility index (Phi) is 26.0. The van der Waals surface area contributed by atoms with Crippen LogP contribution in [0.15, 0.2) is 0 Å². The molecule has 162 valence electrons. The second-order valence-electron chi connectivity index (χ2n) is 8.30. The van der Waals surface area contributed by atoms with Crippen LogP contribution in [0, 0.1) is 0 Å². The molecule has 0 heterocycles. The molecule has 2 nitrogen and oxygen atoms in total. The van der Waals surface area contributed by atoms with Crippen molar-refractivity contribution >= 4 is 7.69 Å². The molecule has 0 unspecified atom stereocenters. The number of hydrogen-bond donors (Lipinski definition) is 0. The van der Waals surface area contributed by atoms with Gasteiger partial charge in [0.2, 0.25) is 0 Å². The van der Waals surface area contributed by atoms with Gasteiger partial charge in [0.25, 0.3) is 0 Å². The maximum Gasteiger partial charge on any atom is 0.438 e. The Labute approximate surface area is 172 Å². The minimum atomic E-state index is 0.495. The molecule has 0 aromatic heterocycles. The highest BCUT2D eigenvalue weighted by Gasteiger charge is 1.96. The molecule has 0 amide bonds. The number of hydrogen-bond acceptors (Lipinski definition) is 2. The molecule has 0 aromatic rings. The van der Waals surface area contributed by atoms with Gasteiger partial charge in [-0.05, 0) is 12.8 Å². The molecular formula is C24H51BO2. The van der Waals surface area contributed by atoms with Crippen LogP contribution in [0.5, 0.6) is 0 Å². The molecule has 3 heteroatoms. The van der Waals surface area contributed by atoms with Gasteiger partial charge in [-0.15, -0.1) is 0 Å². The molecule has 0 atom stereocenters. The van der Waals surface area contributed by atoms with E-state index in [0.29, 0.717) is 7.69 Å². The van der Waals surface area contributed by atoms with Crippen molar-refractivity contribution in [3.63, 3.8) is 0 Å². The zero-order chi connectivity index (χ0) is 19.7. The van der Waals surface area contributed by atoms with Gasteiger partial charge in [0.1, 0.15) is 0 Å². The quantitative estimate of drug-likeness (QED) is 0.124. The van der Waals surface area contributed by atoms with Crippen LogP contribution < -0.4 is 0 Å². The van der Waals surface area contributed by atoms with E-state index >= 15 is 0 Å². The molecule has 0 aromatic carbocycles. The first kappa shape index (κ1) is 27.0. The van der Waals surface area contributed by atoms with Gasteiger partial charge in [0.15, 0.2) is 0 Å². The SMILES string of the molecule is CCCCCCCCCCCCOBOCCCCCCCCCCCC. The summed E-state index contributed by atoms with van der Waals surface area (Å²) in [6.07, 6.45) is 27.5. The summed E-state index contributed by atoms with van der Waals surface area (Å²) < 4.78 is 11.2. The number of unbranched alkanes of at least 4 members (excludes halogenated alkanes) is 18. The van der Waals surface area contributed by atoms with Gasteiger partial charge in [-0.25, -0.2) is 0 Å². The summed E-state index contributed by atoms with van der Waals surface area (Å²) in [4.78, 5) is 0. The van der Waals surface area contributed by atoms with E-state index in [1.54, 1.807) is 0 Å². The lowest BCUT2D eigenvalue weighted by Crippen LogP contribution is -2.07. The normalized spacial score (nSPS) is 11.2. The average Bonchev–Trinajstić information content (AvgIpc) is 2.68. The highest BCUT2D eigenvalue weighted by molar-refractivity contribution is 6.17. The third kappa shape index (κ3) is 26.0. The summed E-state index contributed by atoms with van der Waals surface area (Å²) in [6.45, 7) is 6.30. The van der Waals surface area contributed by atoms with Crippen molar-refractivity contribution in [1.82, 2.24) is 0 Å². The molecule has 0 saturated heterocycles. The van der Waals surface area contributed by atoms with E-state index in [-0.39, 0.29) is 0 Å². The van der Waals surface area contributed by atoms with Gasteiger partial charge >= 0.3 is 7.69 Å². The zero-order valence-electron chi connectivity index (χ0n) is 19.1. The van der Waals surface area contributed by atoms with Crippen molar-refractivity contribution in [2.45, 2.75) is 142 Å². The Bertz CT molecular complexity index is 225. The smallest absolute Gasteiger partial charge is 0.414 e. The molecule has 0 rings (SSSR count). The molecule has 0 fully saturated rings. The minimum absolute atomic E-state index is 0.495. The molecule has 0 aliphatic heterocycles. The fraction of sp³-hybridized carbons (Fsp3) is 1.00. The molecule has 0 aliphatic rings. The van der Waals surface area contributed by atoms with Gasteiger partial charge < -0.3 is 9.31 Å². The van der Waals surface area contributed by atoms with Crippen LogP contribution >= 0.6 is 0 Å². The zero-order valence-corrected chi connectivity index (χ0v) is 19.1. The van der Waals surface area contributed by atoms with Crippen molar-refractivity contribution < 1.29 is 9.31 Å². The molecule has 0 N–H and O–H groups in total. The Balaban J connectivity index is 2.95. The summed E-state index contributed by atoms with van der Waals surface area (Å²) >= 11 is 0. The average molecular weight is 382 g/mol. The first-order chi connectivity index (χ1) is 13.4. The largest absolute Gasteiger partial charge is 0.438 e. The molecule has 0 spiro atoms. The minimum Gasteiger partial charge on any atom is -0.414 e. The first-order valence-corrected chi connectivity index (χ1v) is 12.6. The lowest BCUT2D eigenvalue weighted by Gasteiger charge is -2.05. The maximum absolute atomic E-state index is 5.58. The van der Waals surface area contributed by atoms with E-state index in [2.05, 4.69) is 13.8 Å². The van der Waals surface area contributed by atoms with Gasteiger partial charge in [-0.1, -0.05) is 129 Å². The van der Waals surface area contributed by atoms with Crippen LogP contribution in [-0.4, -0.2) is 20.9 Å². The molecule has 0 bridgehead atoms. The van der Waals surface area contributed by atoms with Gasteiger partial charge in [-0.2, -0.15) is 0 Å². The van der Waals surface area contributed by atoms with Crippen molar-refractivity contribution in [2.75, 3.05) is 13.2 Å². The molecule has 0 aliphatic carbocycles. The van der Waals surface area contributed by atoms with E-state index in [9.17, 15) is 0 Å². The third-order valence-electron chi connectivity index (χ3n) is 5.45. The maximum atomic E-state index is 5.58. The summed E-state index contributed by atoms with van der Waals surface area (Å²) in [6, 6.07) is 0. The highest BCUT2D eigenvalue weighted by atomic mass is 16.6. The summed E-state index contributed by atoms with van der Waals surface area (Å²) in [7, 11) is 0.495. The Morgan fingerprint density at radius 2 is 0.630 bits per heavy atom. The lowest BCUT2D eigenvalue weighted by atomic mass is 10.1. The monoisotopic (exact) mass is 382 g/mol. The van der Waals surface area contributed by atoms with Crippen LogP contribution in [0.4, 0.5) is 0 Å².